The van der Waals surface area contributed by atoms with E-state index in [1.165, 1.54) is 4.31 Å². The monoisotopic (exact) mass is 340 g/mol. The Bertz CT molecular complexity index is 535. The first-order valence-corrected chi connectivity index (χ1v) is 11.0. The molecule has 126 valence electrons. The van der Waals surface area contributed by atoms with Gasteiger partial charge < -0.3 is 5.32 Å². The van der Waals surface area contributed by atoms with Gasteiger partial charge in [-0.25, -0.2) is 21.1 Å². The molecule has 0 saturated carbocycles. The fourth-order valence-electron chi connectivity index (χ4n) is 2.28. The van der Waals surface area contributed by atoms with E-state index in [-0.39, 0.29) is 23.0 Å². The molecule has 1 unspecified atom stereocenters. The molecule has 1 atom stereocenters. The van der Waals surface area contributed by atoms with E-state index >= 15 is 0 Å². The Morgan fingerprint density at radius 3 is 2.29 bits per heavy atom. The maximum absolute atomic E-state index is 12.2. The molecule has 21 heavy (non-hydrogen) atoms. The summed E-state index contributed by atoms with van der Waals surface area (Å²) in [6, 6.07) is 0. The Morgan fingerprint density at radius 2 is 1.76 bits per heavy atom. The molecule has 0 bridgehead atoms. The van der Waals surface area contributed by atoms with Crippen molar-refractivity contribution in [1.82, 2.24) is 9.62 Å². The van der Waals surface area contributed by atoms with Crippen molar-refractivity contribution in [3.05, 3.63) is 0 Å². The average Bonchev–Trinajstić information content (AvgIpc) is 2.33. The second kappa shape index (κ2) is 6.93. The molecule has 0 aromatic carbocycles. The van der Waals surface area contributed by atoms with Crippen molar-refractivity contribution in [2.75, 3.05) is 37.4 Å². The van der Waals surface area contributed by atoms with Crippen molar-refractivity contribution < 1.29 is 16.8 Å². The van der Waals surface area contributed by atoms with E-state index in [1.54, 1.807) is 0 Å². The number of hydrogen-bond donors (Lipinski definition) is 1. The highest BCUT2D eigenvalue weighted by Gasteiger charge is 2.29. The van der Waals surface area contributed by atoms with Crippen LogP contribution in [0.1, 0.15) is 33.6 Å². The second-order valence-electron chi connectivity index (χ2n) is 6.94. The van der Waals surface area contributed by atoms with E-state index in [0.29, 0.717) is 13.1 Å². The van der Waals surface area contributed by atoms with Crippen LogP contribution in [0.5, 0.6) is 0 Å². The van der Waals surface area contributed by atoms with Crippen molar-refractivity contribution in [3.8, 4) is 0 Å². The fourth-order valence-corrected chi connectivity index (χ4v) is 5.44. The van der Waals surface area contributed by atoms with E-state index in [0.717, 1.165) is 25.6 Å². The van der Waals surface area contributed by atoms with Crippen molar-refractivity contribution >= 4 is 19.9 Å². The SMILES string of the molecule is CC(C)(C)NCC1CCCN(S(=O)(=O)CCS(C)(=O)=O)C1. The molecule has 0 aromatic heterocycles. The van der Waals surface area contributed by atoms with Crippen molar-refractivity contribution in [2.45, 2.75) is 39.2 Å². The summed E-state index contributed by atoms with van der Waals surface area (Å²) in [5.41, 5.74) is 0.0114. The maximum atomic E-state index is 12.2. The molecule has 1 aliphatic rings. The van der Waals surface area contributed by atoms with E-state index < -0.39 is 19.9 Å². The van der Waals surface area contributed by atoms with E-state index in [9.17, 15) is 16.8 Å². The summed E-state index contributed by atoms with van der Waals surface area (Å²) < 4.78 is 48.2. The van der Waals surface area contributed by atoms with Gasteiger partial charge in [0.25, 0.3) is 0 Å². The van der Waals surface area contributed by atoms with Gasteiger partial charge in [-0.15, -0.1) is 0 Å². The van der Waals surface area contributed by atoms with Crippen molar-refractivity contribution in [1.29, 1.82) is 0 Å². The molecule has 0 amide bonds. The number of nitrogens with zero attached hydrogens (tertiary/aromatic N) is 1. The molecule has 1 aliphatic heterocycles. The summed E-state index contributed by atoms with van der Waals surface area (Å²) in [5.74, 6) is -0.340. The van der Waals surface area contributed by atoms with Gasteiger partial charge in [0.1, 0.15) is 9.84 Å². The molecular weight excluding hydrogens is 312 g/mol. The normalized spacial score (nSPS) is 22.4. The maximum Gasteiger partial charge on any atom is 0.215 e. The van der Waals surface area contributed by atoms with Crippen LogP contribution in [0, 0.1) is 5.92 Å². The summed E-state index contributed by atoms with van der Waals surface area (Å²) in [5, 5.41) is 3.40. The van der Waals surface area contributed by atoms with Crippen molar-refractivity contribution in [2.24, 2.45) is 5.92 Å². The Balaban J connectivity index is 2.58. The zero-order valence-corrected chi connectivity index (χ0v) is 15.1. The molecule has 1 fully saturated rings. The quantitative estimate of drug-likeness (QED) is 0.759. The summed E-state index contributed by atoms with van der Waals surface area (Å²) in [6.07, 6.45) is 2.89. The predicted molar refractivity (Wildman–Crippen MR) is 85.6 cm³/mol. The van der Waals surface area contributed by atoms with Crippen LogP contribution in [0.2, 0.25) is 0 Å². The van der Waals surface area contributed by atoms with Crippen LogP contribution in [0.15, 0.2) is 0 Å². The molecular formula is C13H28N2O4S2. The topological polar surface area (TPSA) is 83.6 Å². The minimum absolute atomic E-state index is 0.0114. The van der Waals surface area contributed by atoms with E-state index in [1.807, 2.05) is 0 Å². The van der Waals surface area contributed by atoms with Crippen LogP contribution in [0.3, 0.4) is 0 Å². The first-order chi connectivity index (χ1) is 9.39. The highest BCUT2D eigenvalue weighted by atomic mass is 32.2. The third-order valence-electron chi connectivity index (χ3n) is 3.51. The zero-order chi connectivity index (χ0) is 16.3. The lowest BCUT2D eigenvalue weighted by atomic mass is 9.98. The number of hydrogen-bond acceptors (Lipinski definition) is 5. The summed E-state index contributed by atoms with van der Waals surface area (Å²) in [6.45, 7) is 8.00. The van der Waals surface area contributed by atoms with Crippen LogP contribution >= 0.6 is 0 Å². The minimum atomic E-state index is -3.48. The third kappa shape index (κ3) is 7.58. The van der Waals surface area contributed by atoms with Crippen LogP contribution in [-0.4, -0.2) is 64.1 Å². The lowest BCUT2D eigenvalue weighted by molar-refractivity contribution is 0.245. The molecule has 6 nitrogen and oxygen atoms in total. The van der Waals surface area contributed by atoms with Crippen LogP contribution in [0.25, 0.3) is 0 Å². The number of rotatable bonds is 6. The lowest BCUT2D eigenvalue weighted by Gasteiger charge is -2.33. The predicted octanol–water partition coefficient (Wildman–Crippen LogP) is 0.461. The molecule has 8 heteroatoms. The van der Waals surface area contributed by atoms with Gasteiger partial charge in [-0.05, 0) is 46.1 Å². The highest BCUT2D eigenvalue weighted by Crippen LogP contribution is 2.19. The first kappa shape index (κ1) is 18.9. The van der Waals surface area contributed by atoms with Crippen LogP contribution < -0.4 is 5.32 Å². The van der Waals surface area contributed by atoms with Gasteiger partial charge in [-0.1, -0.05) is 0 Å². The Morgan fingerprint density at radius 1 is 1.14 bits per heavy atom. The van der Waals surface area contributed by atoms with Gasteiger partial charge >= 0.3 is 0 Å². The molecule has 0 aromatic rings. The number of piperidine rings is 1. The van der Waals surface area contributed by atoms with Gasteiger partial charge in [-0.3, -0.25) is 0 Å². The van der Waals surface area contributed by atoms with Gasteiger partial charge in [0.05, 0.1) is 11.5 Å². The van der Waals surface area contributed by atoms with Gasteiger partial charge in [0.2, 0.25) is 10.0 Å². The molecule has 1 N–H and O–H groups in total. The molecule has 0 aliphatic carbocycles. The zero-order valence-electron chi connectivity index (χ0n) is 13.4. The number of sulfone groups is 1. The third-order valence-corrected chi connectivity index (χ3v) is 6.55. The standard InChI is InChI=1S/C13H28N2O4S2/c1-13(2,3)14-10-12-6-5-7-15(11-12)21(18,19)9-8-20(4,16)17/h12,14H,5-11H2,1-4H3. The molecule has 0 spiro atoms. The Hall–Kier alpha value is -0.180. The largest absolute Gasteiger partial charge is 0.312 e. The second-order valence-corrected chi connectivity index (χ2v) is 11.3. The average molecular weight is 341 g/mol. The molecule has 0 radical (unpaired) electrons. The fraction of sp³-hybridized carbons (Fsp3) is 1.00. The Labute approximate surface area is 129 Å². The van der Waals surface area contributed by atoms with Crippen molar-refractivity contribution in [3.63, 3.8) is 0 Å². The number of nitrogens with one attached hydrogen (secondary N) is 1. The van der Waals surface area contributed by atoms with Gasteiger partial charge in [0, 0.05) is 24.9 Å². The summed E-state index contributed by atoms with van der Waals surface area (Å²) >= 11 is 0. The van der Waals surface area contributed by atoms with Gasteiger partial charge in [-0.2, -0.15) is 0 Å². The Kier molecular flexibility index (Phi) is 6.23. The van der Waals surface area contributed by atoms with E-state index in [2.05, 4.69) is 26.1 Å². The number of sulfonamides is 1. The van der Waals surface area contributed by atoms with Gasteiger partial charge in [0.15, 0.2) is 0 Å². The summed E-state index contributed by atoms with van der Waals surface area (Å²) in [4.78, 5) is 0. The smallest absolute Gasteiger partial charge is 0.215 e. The molecule has 1 heterocycles. The van der Waals surface area contributed by atoms with Crippen LogP contribution in [0.4, 0.5) is 0 Å². The molecule has 1 rings (SSSR count). The summed E-state index contributed by atoms with van der Waals surface area (Å²) in [7, 11) is -6.73. The minimum Gasteiger partial charge on any atom is -0.312 e. The van der Waals surface area contributed by atoms with Crippen LogP contribution in [-0.2, 0) is 19.9 Å². The highest BCUT2D eigenvalue weighted by molar-refractivity contribution is 7.93. The molecule has 1 saturated heterocycles. The van der Waals surface area contributed by atoms with E-state index in [4.69, 9.17) is 0 Å². The lowest BCUT2D eigenvalue weighted by Crippen LogP contribution is -2.47. The first-order valence-electron chi connectivity index (χ1n) is 7.30.